The molecule has 2 saturated carbocycles. The number of carbonyl (C=O) groups excluding carboxylic acids is 4. The summed E-state index contributed by atoms with van der Waals surface area (Å²) >= 11 is 0. The Bertz CT molecular complexity index is 1320. The normalized spacial score (nSPS) is 25.6. The van der Waals surface area contributed by atoms with Crippen LogP contribution in [0.25, 0.3) is 10.9 Å². The Morgan fingerprint density at radius 2 is 2.00 bits per heavy atom. The van der Waals surface area contributed by atoms with Crippen LogP contribution in [-0.4, -0.2) is 94.5 Å². The number of likely N-dealkylation sites (tertiary alicyclic amines) is 2. The number of rotatable bonds is 9. The number of ether oxygens (including phenoxy) is 1. The van der Waals surface area contributed by atoms with E-state index in [1.807, 2.05) is 18.2 Å². The topological polar surface area (TPSA) is 144 Å². The van der Waals surface area contributed by atoms with E-state index in [1.165, 1.54) is 0 Å². The van der Waals surface area contributed by atoms with Crippen molar-refractivity contribution in [2.45, 2.75) is 69.2 Å². The van der Waals surface area contributed by atoms with Gasteiger partial charge in [0, 0.05) is 43.0 Å². The highest BCUT2D eigenvalue weighted by Crippen LogP contribution is 2.43. The zero-order valence-corrected chi connectivity index (χ0v) is 22.7. The molecule has 4 amide bonds. The maximum Gasteiger partial charge on any atom is 0.271 e. The van der Waals surface area contributed by atoms with E-state index in [1.54, 1.807) is 23.0 Å². The molecule has 40 heavy (non-hydrogen) atoms. The van der Waals surface area contributed by atoms with Gasteiger partial charge in [-0.3, -0.25) is 19.2 Å². The Balaban J connectivity index is 1.25. The maximum absolute atomic E-state index is 14.0. The van der Waals surface area contributed by atoms with Crippen LogP contribution in [0.5, 0.6) is 5.75 Å². The van der Waals surface area contributed by atoms with Crippen LogP contribution in [0.1, 0.15) is 55.4 Å². The lowest BCUT2D eigenvalue weighted by Crippen LogP contribution is -2.59. The Kier molecular flexibility index (Phi) is 7.16. The summed E-state index contributed by atoms with van der Waals surface area (Å²) in [5.41, 5.74) is 1.14. The molecule has 11 heteroatoms. The smallest absolute Gasteiger partial charge is 0.271 e. The van der Waals surface area contributed by atoms with E-state index in [0.29, 0.717) is 37.4 Å². The third-order valence-corrected chi connectivity index (χ3v) is 8.98. The standard InChI is InChI=1S/C29H37N5O6/c1-40-23-8-3-7-20-19(23)13-21(31-20)29(39)34-14-16-5-2-6-18(16)25(34)27(37)32-22(15-33-12-4-9-24(33)35)26(36)28(38)30-17-10-11-17/h3,7-8,13,16-18,22,25-26,31,36H,2,4-6,9-12,14-15H2,1H3,(H,30,38)(H,32,37)/t16-,18-,22-,25-,26?/m0/s1. The molecular formula is C29H37N5O6. The summed E-state index contributed by atoms with van der Waals surface area (Å²) in [4.78, 5) is 59.3. The number of carbonyl (C=O) groups is 4. The Labute approximate surface area is 232 Å². The van der Waals surface area contributed by atoms with Crippen LogP contribution in [0.4, 0.5) is 0 Å². The van der Waals surface area contributed by atoms with Crippen LogP contribution in [0.2, 0.25) is 0 Å². The number of H-pyrrole nitrogens is 1. The second-order valence-corrected chi connectivity index (χ2v) is 11.6. The van der Waals surface area contributed by atoms with E-state index in [2.05, 4.69) is 15.6 Å². The number of hydrogen-bond donors (Lipinski definition) is 4. The van der Waals surface area contributed by atoms with E-state index >= 15 is 0 Å². The Morgan fingerprint density at radius 3 is 2.73 bits per heavy atom. The summed E-state index contributed by atoms with van der Waals surface area (Å²) in [7, 11) is 1.58. The number of nitrogens with one attached hydrogen (secondary N) is 3. The first-order valence-corrected chi connectivity index (χ1v) is 14.4. The number of benzene rings is 1. The molecular weight excluding hydrogens is 514 g/mol. The molecule has 0 radical (unpaired) electrons. The molecule has 2 aromatic rings. The number of nitrogens with zero attached hydrogens (tertiary/aromatic N) is 2. The Morgan fingerprint density at radius 1 is 1.18 bits per heavy atom. The summed E-state index contributed by atoms with van der Waals surface area (Å²) in [5.74, 6) is -0.424. The molecule has 214 valence electrons. The number of aromatic amines is 1. The average molecular weight is 552 g/mol. The molecule has 2 saturated heterocycles. The molecule has 11 nitrogen and oxygen atoms in total. The minimum absolute atomic E-state index is 0.00522. The molecule has 4 aliphatic rings. The van der Waals surface area contributed by atoms with Gasteiger partial charge in [0.15, 0.2) is 6.10 Å². The van der Waals surface area contributed by atoms with Gasteiger partial charge in [0.25, 0.3) is 11.8 Å². The van der Waals surface area contributed by atoms with Gasteiger partial charge in [-0.15, -0.1) is 0 Å². The number of methoxy groups -OCH3 is 1. The van der Waals surface area contributed by atoms with Crippen molar-refractivity contribution in [3.05, 3.63) is 30.0 Å². The molecule has 0 spiro atoms. The van der Waals surface area contributed by atoms with Crippen LogP contribution in [0.3, 0.4) is 0 Å². The number of hydrogen-bond acceptors (Lipinski definition) is 6. The van der Waals surface area contributed by atoms with E-state index < -0.39 is 30.0 Å². The zero-order chi connectivity index (χ0) is 28.0. The van der Waals surface area contributed by atoms with Crippen molar-refractivity contribution in [3.63, 3.8) is 0 Å². The van der Waals surface area contributed by atoms with Crippen LogP contribution in [0.15, 0.2) is 24.3 Å². The van der Waals surface area contributed by atoms with Crippen molar-refractivity contribution in [2.24, 2.45) is 11.8 Å². The highest BCUT2D eigenvalue weighted by atomic mass is 16.5. The SMILES string of the molecule is COc1cccc2[nH]c(C(=O)N3C[C@@H]4CCC[C@@H]4[C@H]3C(=O)N[C@@H](CN3CCCC3=O)C(O)C(=O)NC3CC3)cc12. The van der Waals surface area contributed by atoms with E-state index in [4.69, 9.17) is 4.74 Å². The van der Waals surface area contributed by atoms with E-state index in [0.717, 1.165) is 43.0 Å². The van der Waals surface area contributed by atoms with Crippen LogP contribution in [-0.2, 0) is 14.4 Å². The Hall–Kier alpha value is -3.60. The number of aliphatic hydroxyl groups excluding tert-OH is 1. The summed E-state index contributed by atoms with van der Waals surface area (Å²) in [6.45, 7) is 1.03. The molecule has 2 aliphatic carbocycles. The first-order valence-electron chi connectivity index (χ1n) is 14.4. The minimum atomic E-state index is -1.51. The second-order valence-electron chi connectivity index (χ2n) is 11.6. The van der Waals surface area contributed by atoms with Crippen molar-refractivity contribution in [2.75, 3.05) is 26.7 Å². The lowest BCUT2D eigenvalue weighted by Gasteiger charge is -2.32. The van der Waals surface area contributed by atoms with Gasteiger partial charge < -0.3 is 35.3 Å². The third-order valence-electron chi connectivity index (χ3n) is 8.98. The fraction of sp³-hybridized carbons (Fsp3) is 0.586. The van der Waals surface area contributed by atoms with Gasteiger partial charge in [-0.2, -0.15) is 0 Å². The number of amides is 4. The molecule has 4 fully saturated rings. The van der Waals surface area contributed by atoms with Crippen LogP contribution in [0, 0.1) is 11.8 Å². The van der Waals surface area contributed by atoms with Gasteiger partial charge in [0.05, 0.1) is 13.2 Å². The van der Waals surface area contributed by atoms with Crippen LogP contribution < -0.4 is 15.4 Å². The molecule has 1 unspecified atom stereocenters. The third kappa shape index (κ3) is 5.02. The largest absolute Gasteiger partial charge is 0.496 e. The van der Waals surface area contributed by atoms with Crippen molar-refractivity contribution in [1.82, 2.24) is 25.4 Å². The van der Waals surface area contributed by atoms with Gasteiger partial charge in [-0.25, -0.2) is 0 Å². The molecule has 5 atom stereocenters. The zero-order valence-electron chi connectivity index (χ0n) is 22.7. The van der Waals surface area contributed by atoms with Crippen molar-refractivity contribution >= 4 is 34.5 Å². The fourth-order valence-corrected chi connectivity index (χ4v) is 6.75. The molecule has 1 aromatic carbocycles. The van der Waals surface area contributed by atoms with Gasteiger partial charge in [-0.1, -0.05) is 12.5 Å². The highest BCUT2D eigenvalue weighted by molar-refractivity contribution is 6.02. The van der Waals surface area contributed by atoms with E-state index in [-0.39, 0.29) is 36.2 Å². The predicted octanol–water partition coefficient (Wildman–Crippen LogP) is 1.16. The van der Waals surface area contributed by atoms with Crippen molar-refractivity contribution < 1.29 is 29.0 Å². The number of aromatic nitrogens is 1. The van der Waals surface area contributed by atoms with Crippen molar-refractivity contribution in [1.29, 1.82) is 0 Å². The monoisotopic (exact) mass is 551 g/mol. The van der Waals surface area contributed by atoms with Crippen molar-refractivity contribution in [3.8, 4) is 5.75 Å². The fourth-order valence-electron chi connectivity index (χ4n) is 6.75. The molecule has 4 N–H and O–H groups in total. The quantitative estimate of drug-likeness (QED) is 0.368. The molecule has 3 heterocycles. The molecule has 2 aliphatic heterocycles. The van der Waals surface area contributed by atoms with Gasteiger partial charge in [0.2, 0.25) is 11.8 Å². The summed E-state index contributed by atoms with van der Waals surface area (Å²) in [5, 5.41) is 17.5. The van der Waals surface area contributed by atoms with E-state index in [9.17, 15) is 24.3 Å². The van der Waals surface area contributed by atoms with Gasteiger partial charge in [-0.05, 0) is 62.1 Å². The average Bonchev–Trinajstić information content (AvgIpc) is 3.30. The summed E-state index contributed by atoms with van der Waals surface area (Å²) in [6, 6.07) is 5.63. The highest BCUT2D eigenvalue weighted by Gasteiger charge is 2.50. The lowest BCUT2D eigenvalue weighted by molar-refractivity contribution is -0.136. The minimum Gasteiger partial charge on any atom is -0.496 e. The first kappa shape index (κ1) is 26.6. The number of fused-ring (bicyclic) bond motifs is 2. The molecule has 0 bridgehead atoms. The van der Waals surface area contributed by atoms with Gasteiger partial charge in [0.1, 0.15) is 17.5 Å². The number of aliphatic hydroxyl groups is 1. The molecule has 1 aromatic heterocycles. The molecule has 6 rings (SSSR count). The summed E-state index contributed by atoms with van der Waals surface area (Å²) < 4.78 is 5.45. The summed E-state index contributed by atoms with van der Waals surface area (Å²) in [6.07, 6.45) is 4.09. The van der Waals surface area contributed by atoms with Crippen LogP contribution >= 0.6 is 0 Å². The lowest BCUT2D eigenvalue weighted by atomic mass is 9.93. The predicted molar refractivity (Wildman–Crippen MR) is 145 cm³/mol. The first-order chi connectivity index (χ1) is 19.3. The van der Waals surface area contributed by atoms with Gasteiger partial charge >= 0.3 is 0 Å². The maximum atomic E-state index is 14.0. The second kappa shape index (κ2) is 10.8.